The van der Waals surface area contributed by atoms with Crippen LogP contribution in [0.5, 0.6) is 0 Å². The lowest BCUT2D eigenvalue weighted by Crippen LogP contribution is -2.20. The molecule has 0 fully saturated rings. The maximum atomic E-state index is 12.7. The van der Waals surface area contributed by atoms with Crippen molar-refractivity contribution in [2.24, 2.45) is 0 Å². The highest BCUT2D eigenvalue weighted by Gasteiger charge is 2.31. The zero-order valence-corrected chi connectivity index (χ0v) is 14.8. The number of nitrogens with zero attached hydrogens (tertiary/aromatic N) is 1. The van der Waals surface area contributed by atoms with Crippen molar-refractivity contribution in [2.45, 2.75) is 17.5 Å². The van der Waals surface area contributed by atoms with Gasteiger partial charge in [-0.15, -0.1) is 0 Å². The summed E-state index contributed by atoms with van der Waals surface area (Å²) in [5.74, 6) is -0.159. The lowest BCUT2D eigenvalue weighted by atomic mass is 10.2. The molecular weight excluding hydrogens is 393 g/mol. The van der Waals surface area contributed by atoms with Crippen molar-refractivity contribution in [1.29, 1.82) is 0 Å². The van der Waals surface area contributed by atoms with Crippen molar-refractivity contribution in [3.63, 3.8) is 0 Å². The van der Waals surface area contributed by atoms with Crippen molar-refractivity contribution in [3.8, 4) is 0 Å². The highest BCUT2D eigenvalue weighted by atomic mass is 35.5. The minimum absolute atomic E-state index is 0.0796. The number of carbonyl (C=O) groups is 1. The van der Waals surface area contributed by atoms with Gasteiger partial charge in [-0.1, -0.05) is 11.6 Å². The van der Waals surface area contributed by atoms with Crippen LogP contribution in [0.25, 0.3) is 0 Å². The fourth-order valence-corrected chi connectivity index (χ4v) is 4.01. The molecule has 0 bridgehead atoms. The van der Waals surface area contributed by atoms with Crippen molar-refractivity contribution >= 4 is 38.9 Å². The van der Waals surface area contributed by atoms with Crippen LogP contribution in [0.1, 0.15) is 11.1 Å². The molecule has 1 amide bonds. The largest absolute Gasteiger partial charge is 0.416 e. The maximum Gasteiger partial charge on any atom is 0.416 e. The third-order valence-electron chi connectivity index (χ3n) is 3.98. The van der Waals surface area contributed by atoms with E-state index in [0.29, 0.717) is 17.3 Å². The van der Waals surface area contributed by atoms with Gasteiger partial charge in [-0.2, -0.15) is 13.2 Å². The second kappa shape index (κ2) is 6.17. The molecule has 2 aromatic rings. The normalized spacial score (nSPS) is 14.5. The molecule has 3 rings (SSSR count). The first-order valence-electron chi connectivity index (χ1n) is 7.28. The number of anilines is 2. The number of nitrogens with one attached hydrogen (secondary N) is 1. The molecule has 2 aromatic carbocycles. The van der Waals surface area contributed by atoms with Crippen LogP contribution in [0.15, 0.2) is 41.3 Å². The molecule has 1 aliphatic rings. The van der Waals surface area contributed by atoms with E-state index >= 15 is 0 Å². The maximum absolute atomic E-state index is 12.7. The number of halogens is 4. The van der Waals surface area contributed by atoms with Gasteiger partial charge in [0.05, 0.1) is 27.6 Å². The van der Waals surface area contributed by atoms with E-state index in [2.05, 4.69) is 4.72 Å². The summed E-state index contributed by atoms with van der Waals surface area (Å²) in [6.45, 7) is 0. The molecule has 1 N–H and O–H groups in total. The minimum Gasteiger partial charge on any atom is -0.315 e. The molecule has 0 aliphatic carbocycles. The van der Waals surface area contributed by atoms with Gasteiger partial charge in [0.25, 0.3) is 10.0 Å². The second-order valence-corrected chi connectivity index (χ2v) is 7.81. The Morgan fingerprint density at radius 1 is 1.15 bits per heavy atom. The third kappa shape index (κ3) is 3.36. The number of sulfonamides is 1. The number of likely N-dealkylation sites (N-methyl/N-ethyl adjacent to an activating group) is 1. The van der Waals surface area contributed by atoms with Gasteiger partial charge >= 0.3 is 6.18 Å². The smallest absolute Gasteiger partial charge is 0.315 e. The highest BCUT2D eigenvalue weighted by Crippen LogP contribution is 2.35. The molecule has 26 heavy (non-hydrogen) atoms. The lowest BCUT2D eigenvalue weighted by molar-refractivity contribution is -0.137. The number of carbonyl (C=O) groups excluding carboxylic acids is 1. The van der Waals surface area contributed by atoms with Crippen LogP contribution in [0.4, 0.5) is 24.5 Å². The van der Waals surface area contributed by atoms with Gasteiger partial charge in [0.15, 0.2) is 0 Å². The van der Waals surface area contributed by atoms with E-state index in [0.717, 1.165) is 12.1 Å². The van der Waals surface area contributed by atoms with Gasteiger partial charge in [0, 0.05) is 12.7 Å². The topological polar surface area (TPSA) is 66.5 Å². The highest BCUT2D eigenvalue weighted by molar-refractivity contribution is 7.92. The SMILES string of the molecule is CN1C(=O)Cc2cc(S(=O)(=O)Nc3ccc(C(F)(F)F)cc3Cl)ccc21. The van der Waals surface area contributed by atoms with E-state index in [1.807, 2.05) is 0 Å². The average Bonchev–Trinajstić information content (AvgIpc) is 2.82. The van der Waals surface area contributed by atoms with Gasteiger partial charge in [-0.25, -0.2) is 8.42 Å². The molecule has 0 unspecified atom stereocenters. The Balaban J connectivity index is 1.91. The van der Waals surface area contributed by atoms with E-state index in [1.54, 1.807) is 7.05 Å². The Hall–Kier alpha value is -2.26. The van der Waals surface area contributed by atoms with Crippen LogP contribution in [0.2, 0.25) is 5.02 Å². The number of hydrogen-bond acceptors (Lipinski definition) is 3. The first-order chi connectivity index (χ1) is 12.0. The zero-order chi connectivity index (χ0) is 19.3. The molecule has 0 atom stereocenters. The van der Waals surface area contributed by atoms with E-state index < -0.39 is 21.8 Å². The Kier molecular flexibility index (Phi) is 4.40. The van der Waals surface area contributed by atoms with Gasteiger partial charge in [0.2, 0.25) is 5.91 Å². The van der Waals surface area contributed by atoms with Gasteiger partial charge < -0.3 is 4.90 Å². The van der Waals surface area contributed by atoms with Crippen LogP contribution in [0.3, 0.4) is 0 Å². The first-order valence-corrected chi connectivity index (χ1v) is 9.14. The summed E-state index contributed by atoms with van der Waals surface area (Å²) < 4.78 is 65.2. The van der Waals surface area contributed by atoms with E-state index in [1.165, 1.54) is 23.1 Å². The van der Waals surface area contributed by atoms with Crippen LogP contribution >= 0.6 is 11.6 Å². The number of benzene rings is 2. The summed E-state index contributed by atoms with van der Waals surface area (Å²) in [4.78, 5) is 13.0. The summed E-state index contributed by atoms with van der Waals surface area (Å²) in [6, 6.07) is 6.51. The minimum atomic E-state index is -4.58. The quantitative estimate of drug-likeness (QED) is 0.848. The van der Waals surface area contributed by atoms with Crippen molar-refractivity contribution in [3.05, 3.63) is 52.5 Å². The van der Waals surface area contributed by atoms with Crippen molar-refractivity contribution in [1.82, 2.24) is 0 Å². The standard InChI is InChI=1S/C16H12ClF3N2O3S/c1-22-14-5-3-11(6-9(14)7-15(22)23)26(24,25)21-13-4-2-10(8-12(13)17)16(18,19)20/h2-6,8,21H,7H2,1H3. The number of fused-ring (bicyclic) bond motifs is 1. The molecule has 0 saturated heterocycles. The predicted molar refractivity (Wildman–Crippen MR) is 90.8 cm³/mol. The summed E-state index contributed by atoms with van der Waals surface area (Å²) in [5, 5.41) is -0.375. The first kappa shape index (κ1) is 18.5. The third-order valence-corrected chi connectivity index (χ3v) is 5.66. The number of alkyl halides is 3. The Bertz CT molecular complexity index is 1010. The molecule has 0 spiro atoms. The molecular formula is C16H12ClF3N2O3S. The number of amides is 1. The lowest BCUT2D eigenvalue weighted by Gasteiger charge is -2.13. The zero-order valence-electron chi connectivity index (χ0n) is 13.3. The van der Waals surface area contributed by atoms with Crippen LogP contribution in [-0.2, 0) is 27.4 Å². The molecule has 0 saturated carbocycles. The van der Waals surface area contributed by atoms with Crippen LogP contribution < -0.4 is 9.62 Å². The monoisotopic (exact) mass is 404 g/mol. The van der Waals surface area contributed by atoms with Gasteiger partial charge in [-0.05, 0) is 42.0 Å². The average molecular weight is 405 g/mol. The molecule has 1 heterocycles. The molecule has 0 radical (unpaired) electrons. The Morgan fingerprint density at radius 3 is 2.46 bits per heavy atom. The Morgan fingerprint density at radius 2 is 1.85 bits per heavy atom. The Labute approximate surface area is 152 Å². The number of rotatable bonds is 3. The summed E-state index contributed by atoms with van der Waals surface area (Å²) in [5.41, 5.74) is 0.0123. The van der Waals surface area contributed by atoms with E-state index in [9.17, 15) is 26.4 Å². The van der Waals surface area contributed by atoms with Gasteiger partial charge in [0.1, 0.15) is 0 Å². The summed E-state index contributed by atoms with van der Waals surface area (Å²) >= 11 is 5.78. The summed E-state index contributed by atoms with van der Waals surface area (Å²) in [6.07, 6.45) is -4.50. The van der Waals surface area contributed by atoms with Crippen molar-refractivity contribution < 1.29 is 26.4 Å². The van der Waals surface area contributed by atoms with E-state index in [4.69, 9.17) is 11.6 Å². The molecule has 0 aromatic heterocycles. The van der Waals surface area contributed by atoms with Crippen molar-refractivity contribution in [2.75, 3.05) is 16.7 Å². The fraction of sp³-hybridized carbons (Fsp3) is 0.188. The van der Waals surface area contributed by atoms with Crippen LogP contribution in [-0.4, -0.2) is 21.4 Å². The predicted octanol–water partition coefficient (Wildman–Crippen LogP) is 3.68. The van der Waals surface area contributed by atoms with Gasteiger partial charge in [-0.3, -0.25) is 9.52 Å². The molecule has 5 nitrogen and oxygen atoms in total. The van der Waals surface area contributed by atoms with Crippen LogP contribution in [0, 0.1) is 0 Å². The number of hydrogen-bond donors (Lipinski definition) is 1. The molecule has 10 heteroatoms. The fourth-order valence-electron chi connectivity index (χ4n) is 2.59. The van der Waals surface area contributed by atoms with E-state index in [-0.39, 0.29) is 27.9 Å². The summed E-state index contributed by atoms with van der Waals surface area (Å²) in [7, 11) is -2.50. The molecule has 138 valence electrons. The second-order valence-electron chi connectivity index (χ2n) is 5.72. The molecule has 1 aliphatic heterocycles.